The lowest BCUT2D eigenvalue weighted by Crippen LogP contribution is -2.21. The smallest absolute Gasteiger partial charge is 0.209 e. The molecular formula is C14H9NO3. The van der Waals surface area contributed by atoms with E-state index < -0.39 is 11.6 Å². The number of carbonyl (C=O) groups is 2. The number of hydrogen-bond acceptors (Lipinski definition) is 4. The molecule has 4 nitrogen and oxygen atoms in total. The zero-order valence-corrected chi connectivity index (χ0v) is 9.31. The van der Waals surface area contributed by atoms with Gasteiger partial charge in [0, 0.05) is 17.0 Å². The lowest BCUT2D eigenvalue weighted by atomic mass is 9.89. The Morgan fingerprint density at radius 3 is 2.61 bits per heavy atom. The number of nitrogens with two attached hydrogens (primary N) is 1. The van der Waals surface area contributed by atoms with Crippen LogP contribution in [0, 0.1) is 0 Å². The quantitative estimate of drug-likeness (QED) is 0.734. The lowest BCUT2D eigenvalue weighted by Gasteiger charge is -2.15. The molecule has 0 amide bonds. The van der Waals surface area contributed by atoms with Crippen LogP contribution in [-0.4, -0.2) is 16.7 Å². The maximum Gasteiger partial charge on any atom is 0.209 e. The summed E-state index contributed by atoms with van der Waals surface area (Å²) in [4.78, 5) is 23.7. The van der Waals surface area contributed by atoms with Crippen molar-refractivity contribution in [1.82, 2.24) is 0 Å². The highest BCUT2D eigenvalue weighted by Gasteiger charge is 2.28. The number of carbonyl (C=O) groups excluding carboxylic acids is 2. The predicted octanol–water partition coefficient (Wildman–Crippen LogP) is 1.77. The number of phenolic OH excluding ortho intramolecular Hbond substituents is 1. The summed E-state index contributed by atoms with van der Waals surface area (Å²) in [6, 6.07) is 8.60. The van der Waals surface area contributed by atoms with Crippen molar-refractivity contribution in [2.75, 3.05) is 0 Å². The van der Waals surface area contributed by atoms with Gasteiger partial charge in [-0.2, -0.15) is 0 Å². The van der Waals surface area contributed by atoms with Crippen molar-refractivity contribution in [3.05, 3.63) is 53.2 Å². The largest absolute Gasteiger partial charge is 0.507 e. The lowest BCUT2D eigenvalue weighted by molar-refractivity contribution is 0.0981. The van der Waals surface area contributed by atoms with Gasteiger partial charge in [0.2, 0.25) is 5.78 Å². The van der Waals surface area contributed by atoms with Crippen LogP contribution in [0.15, 0.2) is 42.1 Å². The van der Waals surface area contributed by atoms with E-state index in [1.54, 1.807) is 30.3 Å². The molecule has 0 saturated carbocycles. The maximum atomic E-state index is 11.9. The van der Waals surface area contributed by atoms with Crippen molar-refractivity contribution in [3.8, 4) is 5.75 Å². The molecule has 0 saturated heterocycles. The average Bonchev–Trinajstić information content (AvgIpc) is 2.36. The molecule has 0 spiro atoms. The summed E-state index contributed by atoms with van der Waals surface area (Å²) in [7, 11) is 0. The molecule has 0 radical (unpaired) electrons. The van der Waals surface area contributed by atoms with E-state index in [1.165, 1.54) is 0 Å². The third-order valence-corrected chi connectivity index (χ3v) is 3.06. The third-order valence-electron chi connectivity index (χ3n) is 3.06. The second-order valence-electron chi connectivity index (χ2n) is 4.16. The van der Waals surface area contributed by atoms with Crippen LogP contribution < -0.4 is 5.73 Å². The van der Waals surface area contributed by atoms with Crippen molar-refractivity contribution in [3.63, 3.8) is 0 Å². The Morgan fingerprint density at radius 2 is 1.83 bits per heavy atom. The maximum absolute atomic E-state index is 11.9. The zero-order chi connectivity index (χ0) is 12.9. The molecule has 3 N–H and O–H groups in total. The van der Waals surface area contributed by atoms with Crippen LogP contribution in [0.25, 0.3) is 10.8 Å². The highest BCUT2D eigenvalue weighted by molar-refractivity contribution is 6.27. The third kappa shape index (κ3) is 1.26. The predicted molar refractivity (Wildman–Crippen MR) is 66.5 cm³/mol. The fourth-order valence-electron chi connectivity index (χ4n) is 2.19. The summed E-state index contributed by atoms with van der Waals surface area (Å²) in [5, 5.41) is 11.4. The summed E-state index contributed by atoms with van der Waals surface area (Å²) in [5.74, 6) is -1.03. The number of hydrogen-bond donors (Lipinski definition) is 2. The van der Waals surface area contributed by atoms with Crippen LogP contribution in [-0.2, 0) is 0 Å². The number of ketones is 2. The van der Waals surface area contributed by atoms with E-state index in [-0.39, 0.29) is 22.6 Å². The van der Waals surface area contributed by atoms with E-state index in [4.69, 9.17) is 5.73 Å². The Kier molecular flexibility index (Phi) is 2.01. The van der Waals surface area contributed by atoms with Gasteiger partial charge in [0.1, 0.15) is 5.75 Å². The minimum absolute atomic E-state index is 0.0351. The molecular weight excluding hydrogens is 230 g/mol. The molecule has 0 aliphatic heterocycles. The van der Waals surface area contributed by atoms with Gasteiger partial charge >= 0.3 is 0 Å². The van der Waals surface area contributed by atoms with Gasteiger partial charge in [-0.3, -0.25) is 9.59 Å². The number of Topliss-reactive ketones (excluding diaryl/α,β-unsaturated/α-hetero) is 1. The Labute approximate surface area is 102 Å². The minimum atomic E-state index is -0.439. The Balaban J connectivity index is 2.46. The van der Waals surface area contributed by atoms with Gasteiger partial charge in [0.15, 0.2) is 5.78 Å². The standard InChI is InChI=1S/C14H9NO3/c15-10-6-11(16)12-9(13(10)17)5-7-3-1-2-4-8(7)14(12)18/h1-6,18H,15H2. The van der Waals surface area contributed by atoms with Crippen molar-refractivity contribution in [2.45, 2.75) is 0 Å². The zero-order valence-electron chi connectivity index (χ0n) is 9.31. The molecule has 2 aromatic rings. The summed E-state index contributed by atoms with van der Waals surface area (Å²) in [5.41, 5.74) is 5.59. The average molecular weight is 239 g/mol. The monoisotopic (exact) mass is 239 g/mol. The summed E-state index contributed by atoms with van der Waals surface area (Å²) in [6.45, 7) is 0. The van der Waals surface area contributed by atoms with Crippen molar-refractivity contribution >= 4 is 22.3 Å². The Morgan fingerprint density at radius 1 is 1.11 bits per heavy atom. The number of phenols is 1. The second kappa shape index (κ2) is 3.43. The first-order valence-electron chi connectivity index (χ1n) is 5.40. The highest BCUT2D eigenvalue weighted by atomic mass is 16.3. The molecule has 0 heterocycles. The van der Waals surface area contributed by atoms with Crippen LogP contribution >= 0.6 is 0 Å². The van der Waals surface area contributed by atoms with E-state index in [1.807, 2.05) is 0 Å². The molecule has 4 heteroatoms. The van der Waals surface area contributed by atoms with Crippen LogP contribution in [0.1, 0.15) is 20.7 Å². The molecule has 0 fully saturated rings. The first kappa shape index (κ1) is 10.5. The van der Waals surface area contributed by atoms with Gasteiger partial charge in [-0.1, -0.05) is 24.3 Å². The van der Waals surface area contributed by atoms with Crippen molar-refractivity contribution < 1.29 is 14.7 Å². The van der Waals surface area contributed by atoms with Gasteiger partial charge in [0.05, 0.1) is 11.3 Å². The van der Waals surface area contributed by atoms with Crippen LogP contribution in [0.3, 0.4) is 0 Å². The molecule has 0 aromatic heterocycles. The first-order valence-corrected chi connectivity index (χ1v) is 5.40. The van der Waals surface area contributed by atoms with Gasteiger partial charge in [-0.25, -0.2) is 0 Å². The summed E-state index contributed by atoms with van der Waals surface area (Å²) in [6.07, 6.45) is 1.05. The van der Waals surface area contributed by atoms with Gasteiger partial charge in [0.25, 0.3) is 0 Å². The van der Waals surface area contributed by atoms with Gasteiger partial charge < -0.3 is 10.8 Å². The first-order chi connectivity index (χ1) is 8.59. The Hall–Kier alpha value is -2.62. The van der Waals surface area contributed by atoms with Crippen molar-refractivity contribution in [1.29, 1.82) is 0 Å². The molecule has 88 valence electrons. The molecule has 0 unspecified atom stereocenters. The molecule has 3 rings (SSSR count). The fourth-order valence-corrected chi connectivity index (χ4v) is 2.19. The summed E-state index contributed by atoms with van der Waals surface area (Å²) < 4.78 is 0. The summed E-state index contributed by atoms with van der Waals surface area (Å²) >= 11 is 0. The van der Waals surface area contributed by atoms with Crippen LogP contribution in [0.4, 0.5) is 0 Å². The van der Waals surface area contributed by atoms with Crippen molar-refractivity contribution in [2.24, 2.45) is 5.73 Å². The van der Waals surface area contributed by atoms with Gasteiger partial charge in [-0.05, 0) is 11.5 Å². The number of allylic oxidation sites excluding steroid dienone is 2. The molecule has 18 heavy (non-hydrogen) atoms. The normalized spacial score (nSPS) is 14.6. The number of rotatable bonds is 0. The van der Waals surface area contributed by atoms with Crippen LogP contribution in [0.2, 0.25) is 0 Å². The molecule has 1 aliphatic rings. The van der Waals surface area contributed by atoms with E-state index in [2.05, 4.69) is 0 Å². The Bertz CT molecular complexity index is 744. The highest BCUT2D eigenvalue weighted by Crippen LogP contribution is 2.34. The second-order valence-corrected chi connectivity index (χ2v) is 4.16. The van der Waals surface area contributed by atoms with E-state index in [0.717, 1.165) is 6.08 Å². The number of aromatic hydroxyl groups is 1. The van der Waals surface area contributed by atoms with Crippen LogP contribution in [0.5, 0.6) is 5.75 Å². The number of benzene rings is 2. The van der Waals surface area contributed by atoms with Gasteiger partial charge in [-0.15, -0.1) is 0 Å². The number of fused-ring (bicyclic) bond motifs is 2. The van der Waals surface area contributed by atoms with E-state index >= 15 is 0 Å². The molecule has 1 aliphatic carbocycles. The minimum Gasteiger partial charge on any atom is -0.507 e. The van der Waals surface area contributed by atoms with E-state index in [0.29, 0.717) is 10.8 Å². The fraction of sp³-hybridized carbons (Fsp3) is 0. The topological polar surface area (TPSA) is 80.4 Å². The van der Waals surface area contributed by atoms with E-state index in [9.17, 15) is 14.7 Å². The molecule has 0 bridgehead atoms. The molecule has 0 atom stereocenters. The SMILES string of the molecule is NC1=CC(=O)c2c(cc3ccccc3c2O)C1=O. The molecule has 2 aromatic carbocycles.